The van der Waals surface area contributed by atoms with Crippen molar-refractivity contribution in [2.24, 2.45) is 0 Å². The number of benzene rings is 2. The number of carbonyl (C=O) groups excluding carboxylic acids is 3. The number of ether oxygens (including phenoxy) is 2. The van der Waals surface area contributed by atoms with E-state index < -0.39 is 11.7 Å². The molecule has 0 spiro atoms. The highest BCUT2D eigenvalue weighted by Crippen LogP contribution is 2.45. The Morgan fingerprint density at radius 2 is 1.63 bits per heavy atom. The fourth-order valence-electron chi connectivity index (χ4n) is 6.54. The summed E-state index contributed by atoms with van der Waals surface area (Å²) in [6.45, 7) is 9.02. The number of thiophene rings is 2. The molecule has 12 nitrogen and oxygen atoms in total. The molecule has 1 aliphatic heterocycles. The molecule has 5 heterocycles. The summed E-state index contributed by atoms with van der Waals surface area (Å²) in [5.41, 5.74) is 7.50. The Morgan fingerprint density at radius 3 is 2.25 bits per heavy atom. The van der Waals surface area contributed by atoms with E-state index in [9.17, 15) is 14.4 Å². The summed E-state index contributed by atoms with van der Waals surface area (Å²) in [5, 5.41) is 6.88. The minimum Gasteiger partial charge on any atom is -0.453 e. The first-order valence-corrected chi connectivity index (χ1v) is 18.8. The lowest BCUT2D eigenvalue weighted by atomic mass is 10.1. The van der Waals surface area contributed by atoms with Gasteiger partial charge >= 0.3 is 12.2 Å². The van der Waals surface area contributed by atoms with Gasteiger partial charge in [-0.05, 0) is 75.4 Å². The van der Waals surface area contributed by atoms with Crippen LogP contribution in [0.3, 0.4) is 0 Å². The first-order chi connectivity index (χ1) is 24.5. The number of aromatic nitrogens is 4. The number of amides is 3. The molecule has 3 amide bonds. The SMILES string of the molecule is CCCN(Cc1nc2ccc(-c3csc4c(-c5ccc6nc(C7CCCN7C(=O)OC(C)(C)C)[nH]c6c5)csc34)cc2[nH]1)C(=O)CNC(=O)OC. The van der Waals surface area contributed by atoms with E-state index in [-0.39, 0.29) is 24.6 Å². The Bertz CT molecular complexity index is 2240. The molecule has 1 unspecified atom stereocenters. The average Bonchev–Trinajstić information content (AvgIpc) is 3.92. The van der Waals surface area contributed by atoms with Crippen LogP contribution in [0.1, 0.15) is 64.6 Å². The van der Waals surface area contributed by atoms with Gasteiger partial charge in [-0.2, -0.15) is 0 Å². The van der Waals surface area contributed by atoms with Crippen LogP contribution >= 0.6 is 22.7 Å². The molecule has 0 bridgehead atoms. The van der Waals surface area contributed by atoms with Gasteiger partial charge in [-0.1, -0.05) is 19.1 Å². The lowest BCUT2D eigenvalue weighted by Crippen LogP contribution is -2.40. The predicted octanol–water partition coefficient (Wildman–Crippen LogP) is 8.22. The second-order valence-corrected chi connectivity index (χ2v) is 15.5. The second kappa shape index (κ2) is 14.0. The molecular weight excluding hydrogens is 687 g/mol. The number of aromatic amines is 2. The number of hydrogen-bond acceptors (Lipinski definition) is 9. The fourth-order valence-corrected chi connectivity index (χ4v) is 9.00. The fraction of sp³-hybridized carbons (Fsp3) is 0.378. The van der Waals surface area contributed by atoms with Crippen molar-refractivity contribution in [1.82, 2.24) is 35.1 Å². The second-order valence-electron chi connectivity index (χ2n) is 13.7. The van der Waals surface area contributed by atoms with Gasteiger partial charge in [0.05, 0.1) is 51.2 Å². The normalized spacial score (nSPS) is 14.8. The number of rotatable bonds is 9. The third-order valence-electron chi connectivity index (χ3n) is 8.89. The zero-order chi connectivity index (χ0) is 35.9. The van der Waals surface area contributed by atoms with Crippen LogP contribution in [0.5, 0.6) is 0 Å². The Hall–Kier alpha value is -4.95. The van der Waals surface area contributed by atoms with E-state index in [1.807, 2.05) is 39.8 Å². The van der Waals surface area contributed by atoms with Gasteiger partial charge in [-0.15, -0.1) is 22.7 Å². The molecule has 1 atom stereocenters. The molecule has 7 rings (SSSR count). The van der Waals surface area contributed by atoms with Crippen LogP contribution in [0, 0.1) is 0 Å². The first-order valence-electron chi connectivity index (χ1n) is 17.1. The molecule has 1 aliphatic rings. The third kappa shape index (κ3) is 7.15. The van der Waals surface area contributed by atoms with E-state index in [4.69, 9.17) is 14.7 Å². The van der Waals surface area contributed by atoms with Crippen molar-refractivity contribution in [2.75, 3.05) is 26.7 Å². The minimum absolute atomic E-state index is 0.139. The minimum atomic E-state index is -0.641. The maximum Gasteiger partial charge on any atom is 0.410 e. The molecule has 51 heavy (non-hydrogen) atoms. The molecule has 0 saturated carbocycles. The van der Waals surface area contributed by atoms with E-state index in [2.05, 4.69) is 55.0 Å². The lowest BCUT2D eigenvalue weighted by molar-refractivity contribution is -0.130. The zero-order valence-corrected chi connectivity index (χ0v) is 30.9. The molecule has 266 valence electrons. The third-order valence-corrected chi connectivity index (χ3v) is 11.0. The van der Waals surface area contributed by atoms with Crippen molar-refractivity contribution >= 4 is 72.2 Å². The van der Waals surface area contributed by atoms with Crippen molar-refractivity contribution < 1.29 is 23.9 Å². The molecule has 4 aromatic heterocycles. The summed E-state index contributed by atoms with van der Waals surface area (Å²) in [6, 6.07) is 12.4. The van der Waals surface area contributed by atoms with Crippen LogP contribution in [0.4, 0.5) is 9.59 Å². The van der Waals surface area contributed by atoms with Crippen LogP contribution in [-0.4, -0.2) is 80.2 Å². The highest BCUT2D eigenvalue weighted by Gasteiger charge is 2.35. The van der Waals surface area contributed by atoms with Crippen LogP contribution in [0.2, 0.25) is 0 Å². The van der Waals surface area contributed by atoms with E-state index in [0.29, 0.717) is 25.5 Å². The number of methoxy groups -OCH3 is 1. The number of carbonyl (C=O) groups is 3. The van der Waals surface area contributed by atoms with Gasteiger partial charge in [-0.25, -0.2) is 19.6 Å². The molecule has 2 aromatic carbocycles. The molecular formula is C37H41N7O5S2. The Balaban J connectivity index is 1.11. The number of fused-ring (bicyclic) bond motifs is 3. The molecule has 0 radical (unpaired) electrons. The molecule has 0 aliphatic carbocycles. The Labute approximate surface area is 303 Å². The van der Waals surface area contributed by atoms with Crippen molar-refractivity contribution in [2.45, 2.75) is 65.1 Å². The maximum absolute atomic E-state index is 12.9. The summed E-state index contributed by atoms with van der Waals surface area (Å²) in [7, 11) is 1.27. The van der Waals surface area contributed by atoms with Crippen LogP contribution < -0.4 is 5.32 Å². The average molecular weight is 728 g/mol. The van der Waals surface area contributed by atoms with Gasteiger partial charge in [0.1, 0.15) is 23.8 Å². The van der Waals surface area contributed by atoms with Gasteiger partial charge in [0.2, 0.25) is 5.91 Å². The first kappa shape index (κ1) is 34.5. The summed E-state index contributed by atoms with van der Waals surface area (Å²) < 4.78 is 12.7. The predicted molar refractivity (Wildman–Crippen MR) is 201 cm³/mol. The van der Waals surface area contributed by atoms with Crippen molar-refractivity contribution in [3.8, 4) is 22.3 Å². The molecule has 1 fully saturated rings. The topological polar surface area (TPSA) is 146 Å². The lowest BCUT2D eigenvalue weighted by Gasteiger charge is -2.27. The summed E-state index contributed by atoms with van der Waals surface area (Å²) >= 11 is 3.46. The number of nitrogens with zero attached hydrogens (tertiary/aromatic N) is 4. The van der Waals surface area contributed by atoms with Crippen LogP contribution in [0.25, 0.3) is 53.7 Å². The van der Waals surface area contributed by atoms with Gasteiger partial charge in [0.15, 0.2) is 0 Å². The quantitative estimate of drug-likeness (QED) is 0.136. The van der Waals surface area contributed by atoms with Gasteiger partial charge < -0.3 is 29.7 Å². The zero-order valence-electron chi connectivity index (χ0n) is 29.3. The van der Waals surface area contributed by atoms with Gasteiger partial charge in [0.25, 0.3) is 0 Å². The summed E-state index contributed by atoms with van der Waals surface area (Å²) in [4.78, 5) is 57.2. The van der Waals surface area contributed by atoms with Gasteiger partial charge in [-0.3, -0.25) is 9.69 Å². The standard InChI is InChI=1S/C37H41N7O5S2/c1-6-13-43(31(45)17-38-35(46)48-5)18-30-39-25-11-9-21(15-27(25)40-30)23-19-50-33-24(20-51-32(23)33)22-10-12-26-28(16-22)42-34(41-26)29-8-7-14-44(29)36(47)49-37(2,3)4/h9-12,15-16,19-20,29H,6-8,13-14,17-18H2,1-5H3,(H,38,46)(H,39,40)(H,41,42). The highest BCUT2D eigenvalue weighted by molar-refractivity contribution is 7.27. The van der Waals surface area contributed by atoms with Crippen LogP contribution in [-0.2, 0) is 20.8 Å². The number of alkyl carbamates (subject to hydrolysis) is 1. The summed E-state index contributed by atoms with van der Waals surface area (Å²) in [6.07, 6.45) is 1.58. The van der Waals surface area contributed by atoms with E-state index >= 15 is 0 Å². The van der Waals surface area contributed by atoms with Crippen LogP contribution in [0.15, 0.2) is 47.2 Å². The van der Waals surface area contributed by atoms with E-state index in [1.165, 1.54) is 22.1 Å². The van der Waals surface area contributed by atoms with Gasteiger partial charge in [0, 0.05) is 35.0 Å². The van der Waals surface area contributed by atoms with Crippen molar-refractivity contribution in [1.29, 1.82) is 0 Å². The Kier molecular flexibility index (Phi) is 9.46. The highest BCUT2D eigenvalue weighted by atomic mass is 32.1. The smallest absolute Gasteiger partial charge is 0.410 e. The molecule has 6 aromatic rings. The number of H-pyrrole nitrogens is 2. The Morgan fingerprint density at radius 1 is 0.980 bits per heavy atom. The monoisotopic (exact) mass is 727 g/mol. The van der Waals surface area contributed by atoms with Crippen molar-refractivity contribution in [3.05, 3.63) is 58.8 Å². The number of imidazole rings is 2. The summed E-state index contributed by atoms with van der Waals surface area (Å²) in [5.74, 6) is 1.26. The van der Waals surface area contributed by atoms with Crippen molar-refractivity contribution in [3.63, 3.8) is 0 Å². The van der Waals surface area contributed by atoms with E-state index in [0.717, 1.165) is 63.8 Å². The largest absolute Gasteiger partial charge is 0.453 e. The maximum atomic E-state index is 12.9. The number of nitrogens with one attached hydrogen (secondary N) is 3. The van der Waals surface area contributed by atoms with E-state index in [1.54, 1.807) is 32.5 Å². The molecule has 1 saturated heterocycles. The number of hydrogen-bond donors (Lipinski definition) is 3. The number of likely N-dealkylation sites (tertiary alicyclic amines) is 1. The molecule has 3 N–H and O–H groups in total. The molecule has 14 heteroatoms.